The maximum Gasteiger partial charge on any atom is 0.102 e. The number of hydrogen-bond acceptors (Lipinski definition) is 3. The summed E-state index contributed by atoms with van der Waals surface area (Å²) < 4.78 is 10.9. The van der Waals surface area contributed by atoms with Crippen LogP contribution in [0.3, 0.4) is 0 Å². The van der Waals surface area contributed by atoms with Gasteiger partial charge >= 0.3 is 0 Å². The third-order valence-corrected chi connectivity index (χ3v) is 3.31. The molecule has 0 saturated heterocycles. The molecule has 0 spiro atoms. The molecule has 0 aliphatic rings. The highest BCUT2D eigenvalue weighted by molar-refractivity contribution is 5.29. The van der Waals surface area contributed by atoms with Gasteiger partial charge in [0.05, 0.1) is 12.2 Å². The van der Waals surface area contributed by atoms with Gasteiger partial charge in [0.2, 0.25) is 0 Å². The Balaban J connectivity index is 2.41. The van der Waals surface area contributed by atoms with Gasteiger partial charge in [-0.3, -0.25) is 0 Å². The quantitative estimate of drug-likeness (QED) is 0.770. The van der Waals surface area contributed by atoms with E-state index < -0.39 is 6.10 Å². The number of ether oxygens (including phenoxy) is 2. The number of aryl methyl sites for hydroxylation is 2. The molecule has 3 heteroatoms. The Morgan fingerprint density at radius 1 is 1.16 bits per heavy atom. The molecule has 1 atom stereocenters. The number of hydrogen-bond donors (Lipinski definition) is 1. The van der Waals surface area contributed by atoms with Gasteiger partial charge in [-0.15, -0.1) is 0 Å². The van der Waals surface area contributed by atoms with E-state index in [0.29, 0.717) is 13.2 Å². The van der Waals surface area contributed by atoms with E-state index in [1.807, 2.05) is 39.8 Å². The molecule has 0 aliphatic heterocycles. The van der Waals surface area contributed by atoms with Gasteiger partial charge in [-0.05, 0) is 39.7 Å². The Labute approximate surface area is 116 Å². The van der Waals surface area contributed by atoms with E-state index in [9.17, 15) is 5.11 Å². The molecule has 0 aromatic heterocycles. The van der Waals surface area contributed by atoms with Gasteiger partial charge in [0.25, 0.3) is 0 Å². The highest BCUT2D eigenvalue weighted by Gasteiger charge is 2.16. The normalized spacial score (nSPS) is 13.6. The van der Waals surface area contributed by atoms with Gasteiger partial charge in [-0.2, -0.15) is 0 Å². The summed E-state index contributed by atoms with van der Waals surface area (Å²) in [7, 11) is 1.70. The van der Waals surface area contributed by atoms with E-state index in [1.54, 1.807) is 7.11 Å². The average Bonchev–Trinajstić information content (AvgIpc) is 2.33. The van der Waals surface area contributed by atoms with Crippen LogP contribution in [0.5, 0.6) is 0 Å². The molecule has 0 amide bonds. The van der Waals surface area contributed by atoms with Crippen molar-refractivity contribution >= 4 is 0 Å². The molecule has 0 saturated carbocycles. The SMILES string of the molecule is COC(C)(C)CCOCC(O)c1cc(C)cc(C)c1. The van der Waals surface area contributed by atoms with Crippen molar-refractivity contribution in [2.24, 2.45) is 0 Å². The first-order valence-corrected chi connectivity index (χ1v) is 6.73. The molecule has 0 aliphatic carbocycles. The van der Waals surface area contributed by atoms with Crippen LogP contribution in [-0.2, 0) is 9.47 Å². The zero-order chi connectivity index (χ0) is 14.5. The van der Waals surface area contributed by atoms with Crippen LogP contribution < -0.4 is 0 Å². The first-order valence-electron chi connectivity index (χ1n) is 6.73. The lowest BCUT2D eigenvalue weighted by atomic mass is 10.0. The Bertz CT molecular complexity index is 379. The number of benzene rings is 1. The summed E-state index contributed by atoms with van der Waals surface area (Å²) in [4.78, 5) is 0. The lowest BCUT2D eigenvalue weighted by molar-refractivity contribution is -0.0249. The lowest BCUT2D eigenvalue weighted by Gasteiger charge is -2.23. The van der Waals surface area contributed by atoms with E-state index in [-0.39, 0.29) is 5.60 Å². The predicted molar refractivity (Wildman–Crippen MR) is 77.4 cm³/mol. The van der Waals surface area contributed by atoms with Crippen molar-refractivity contribution in [1.82, 2.24) is 0 Å². The molecule has 108 valence electrons. The Morgan fingerprint density at radius 3 is 2.26 bits per heavy atom. The fourth-order valence-electron chi connectivity index (χ4n) is 1.91. The second-order valence-electron chi connectivity index (χ2n) is 5.73. The minimum absolute atomic E-state index is 0.176. The summed E-state index contributed by atoms with van der Waals surface area (Å²) in [6.45, 7) is 9.02. The van der Waals surface area contributed by atoms with E-state index in [4.69, 9.17) is 9.47 Å². The zero-order valence-electron chi connectivity index (χ0n) is 12.7. The molecule has 0 fully saturated rings. The number of rotatable bonds is 7. The van der Waals surface area contributed by atoms with E-state index in [2.05, 4.69) is 6.07 Å². The first kappa shape index (κ1) is 16.2. The van der Waals surface area contributed by atoms with Crippen molar-refractivity contribution in [3.8, 4) is 0 Å². The Kier molecular flexibility index (Phi) is 5.98. The second kappa shape index (κ2) is 7.04. The molecule has 1 N–H and O–H groups in total. The van der Waals surface area contributed by atoms with Crippen molar-refractivity contribution in [3.63, 3.8) is 0 Å². The minimum atomic E-state index is -0.566. The van der Waals surface area contributed by atoms with Crippen LogP contribution in [0.4, 0.5) is 0 Å². The Hall–Kier alpha value is -0.900. The molecule has 0 bridgehead atoms. The van der Waals surface area contributed by atoms with Crippen LogP contribution >= 0.6 is 0 Å². The van der Waals surface area contributed by atoms with Gasteiger partial charge < -0.3 is 14.6 Å². The molecule has 3 nitrogen and oxygen atoms in total. The summed E-state index contributed by atoms with van der Waals surface area (Å²) >= 11 is 0. The van der Waals surface area contributed by atoms with Crippen molar-refractivity contribution < 1.29 is 14.6 Å². The molecule has 1 aromatic carbocycles. The van der Waals surface area contributed by atoms with Gasteiger partial charge in [0.1, 0.15) is 6.10 Å². The molecule has 1 rings (SSSR count). The Morgan fingerprint density at radius 2 is 1.74 bits per heavy atom. The summed E-state index contributed by atoms with van der Waals surface area (Å²) in [6.07, 6.45) is 0.243. The minimum Gasteiger partial charge on any atom is -0.386 e. The smallest absolute Gasteiger partial charge is 0.102 e. The zero-order valence-corrected chi connectivity index (χ0v) is 12.7. The maximum absolute atomic E-state index is 10.1. The molecule has 1 aromatic rings. The largest absolute Gasteiger partial charge is 0.386 e. The van der Waals surface area contributed by atoms with Crippen molar-refractivity contribution in [2.45, 2.75) is 45.8 Å². The lowest BCUT2D eigenvalue weighted by Crippen LogP contribution is -2.25. The topological polar surface area (TPSA) is 38.7 Å². The predicted octanol–water partition coefficient (Wildman–Crippen LogP) is 3.17. The van der Waals surface area contributed by atoms with Gasteiger partial charge in [0, 0.05) is 13.7 Å². The standard InChI is InChI=1S/C16H26O3/c1-12-8-13(2)10-14(9-12)15(17)11-19-7-6-16(3,4)18-5/h8-10,15,17H,6-7,11H2,1-5H3. The number of aliphatic hydroxyl groups excluding tert-OH is 1. The van der Waals surface area contributed by atoms with Gasteiger partial charge in [-0.1, -0.05) is 29.3 Å². The van der Waals surface area contributed by atoms with E-state index >= 15 is 0 Å². The molecular weight excluding hydrogens is 240 g/mol. The fraction of sp³-hybridized carbons (Fsp3) is 0.625. The third kappa shape index (κ3) is 5.72. The van der Waals surface area contributed by atoms with Crippen LogP contribution in [0.25, 0.3) is 0 Å². The third-order valence-electron chi connectivity index (χ3n) is 3.31. The molecule has 0 heterocycles. The van der Waals surface area contributed by atoms with Crippen LogP contribution in [0.15, 0.2) is 18.2 Å². The first-order chi connectivity index (χ1) is 8.84. The van der Waals surface area contributed by atoms with E-state index in [1.165, 1.54) is 0 Å². The van der Waals surface area contributed by atoms with Crippen LogP contribution in [0.1, 0.15) is 43.1 Å². The van der Waals surface area contributed by atoms with Crippen LogP contribution in [0.2, 0.25) is 0 Å². The molecule has 0 radical (unpaired) electrons. The van der Waals surface area contributed by atoms with Crippen molar-refractivity contribution in [2.75, 3.05) is 20.3 Å². The van der Waals surface area contributed by atoms with Crippen LogP contribution in [0, 0.1) is 13.8 Å². The highest BCUT2D eigenvalue weighted by Crippen LogP contribution is 2.18. The fourth-order valence-corrected chi connectivity index (χ4v) is 1.91. The monoisotopic (exact) mass is 266 g/mol. The van der Waals surface area contributed by atoms with Crippen molar-refractivity contribution in [1.29, 1.82) is 0 Å². The number of methoxy groups -OCH3 is 1. The molecule has 1 unspecified atom stereocenters. The van der Waals surface area contributed by atoms with Gasteiger partial charge in [-0.25, -0.2) is 0 Å². The average molecular weight is 266 g/mol. The second-order valence-corrected chi connectivity index (χ2v) is 5.73. The summed E-state index contributed by atoms with van der Waals surface area (Å²) in [6, 6.07) is 6.10. The number of aliphatic hydroxyl groups is 1. The summed E-state index contributed by atoms with van der Waals surface area (Å²) in [5, 5.41) is 10.1. The van der Waals surface area contributed by atoms with Crippen LogP contribution in [-0.4, -0.2) is 31.0 Å². The van der Waals surface area contributed by atoms with Gasteiger partial charge in [0.15, 0.2) is 0 Å². The summed E-state index contributed by atoms with van der Waals surface area (Å²) in [5.41, 5.74) is 3.07. The highest BCUT2D eigenvalue weighted by atomic mass is 16.5. The maximum atomic E-state index is 10.1. The van der Waals surface area contributed by atoms with Crippen molar-refractivity contribution in [3.05, 3.63) is 34.9 Å². The molecule has 19 heavy (non-hydrogen) atoms. The molecular formula is C16H26O3. The summed E-state index contributed by atoms with van der Waals surface area (Å²) in [5.74, 6) is 0. The van der Waals surface area contributed by atoms with E-state index in [0.717, 1.165) is 23.1 Å².